The van der Waals surface area contributed by atoms with Crippen molar-refractivity contribution in [3.8, 4) is 0 Å². The minimum Gasteiger partial charge on any atom is -0.345 e. The van der Waals surface area contributed by atoms with Crippen LogP contribution in [0, 0.1) is 13.8 Å². The van der Waals surface area contributed by atoms with Crippen LogP contribution in [0.1, 0.15) is 16.7 Å². The van der Waals surface area contributed by atoms with Crippen molar-refractivity contribution in [1.82, 2.24) is 10.2 Å². The van der Waals surface area contributed by atoms with E-state index in [2.05, 4.69) is 33.0 Å². The second kappa shape index (κ2) is 7.97. The first-order valence-corrected chi connectivity index (χ1v) is 9.07. The van der Waals surface area contributed by atoms with Crippen molar-refractivity contribution in [1.29, 1.82) is 0 Å². The molecule has 0 fully saturated rings. The summed E-state index contributed by atoms with van der Waals surface area (Å²) < 4.78 is 0. The highest BCUT2D eigenvalue weighted by Gasteiger charge is 2.12. The lowest BCUT2D eigenvalue weighted by Gasteiger charge is -2.14. The van der Waals surface area contributed by atoms with Crippen LogP contribution >= 0.6 is 11.3 Å². The van der Waals surface area contributed by atoms with Gasteiger partial charge in [-0.25, -0.2) is 4.79 Å². The molecule has 0 unspecified atom stereocenters. The van der Waals surface area contributed by atoms with Crippen molar-refractivity contribution >= 4 is 33.3 Å². The molecule has 0 atom stereocenters. The number of rotatable bonds is 5. The molecular weight excluding hydrogens is 346 g/mol. The van der Waals surface area contributed by atoms with E-state index in [1.54, 1.807) is 0 Å². The lowest BCUT2D eigenvalue weighted by atomic mass is 10.1. The lowest BCUT2D eigenvalue weighted by Crippen LogP contribution is -2.20. The number of benzene rings is 2. The molecule has 3 rings (SSSR count). The molecule has 1 heterocycles. The average Bonchev–Trinajstić information content (AvgIpc) is 3.07. The molecule has 3 aromatic rings. The second-order valence-corrected chi connectivity index (χ2v) is 7.08. The molecule has 0 radical (unpaired) electrons. The molecule has 0 bridgehead atoms. The molecule has 134 valence electrons. The summed E-state index contributed by atoms with van der Waals surface area (Å²) in [6.45, 7) is 4.67. The summed E-state index contributed by atoms with van der Waals surface area (Å²) in [5.74, 6) is 0. The zero-order valence-electron chi connectivity index (χ0n) is 15.0. The highest BCUT2D eigenvalue weighted by atomic mass is 32.1. The molecule has 0 aliphatic rings. The third-order valence-electron chi connectivity index (χ3n) is 3.87. The van der Waals surface area contributed by atoms with Gasteiger partial charge >= 0.3 is 6.03 Å². The predicted octanol–water partition coefficient (Wildman–Crippen LogP) is 4.44. The number of aryl methyl sites for hydroxylation is 2. The van der Waals surface area contributed by atoms with Gasteiger partial charge in [0.25, 0.3) is 0 Å². The topological polar surface area (TPSA) is 70.1 Å². The van der Waals surface area contributed by atoms with E-state index in [9.17, 15) is 4.79 Å². The number of carbonyl (C=O) groups is 1. The summed E-state index contributed by atoms with van der Waals surface area (Å²) in [5.41, 5.74) is 4.07. The average molecular weight is 367 g/mol. The fraction of sp³-hybridized carbons (Fsp3) is 0.211. The Morgan fingerprint density at radius 1 is 1.08 bits per heavy atom. The Hall–Kier alpha value is -2.93. The molecule has 1 aromatic heterocycles. The molecule has 2 aromatic carbocycles. The van der Waals surface area contributed by atoms with Crippen molar-refractivity contribution in [3.63, 3.8) is 0 Å². The van der Waals surface area contributed by atoms with Gasteiger partial charge in [0.1, 0.15) is 0 Å². The Balaban J connectivity index is 1.61. The number of aromatic nitrogens is 2. The summed E-state index contributed by atoms with van der Waals surface area (Å²) in [6, 6.07) is 15.7. The number of hydrogen-bond acceptors (Lipinski definition) is 5. The van der Waals surface area contributed by atoms with Crippen LogP contribution < -0.4 is 15.5 Å². The van der Waals surface area contributed by atoms with Gasteiger partial charge in [-0.15, -0.1) is 10.2 Å². The van der Waals surface area contributed by atoms with E-state index in [4.69, 9.17) is 0 Å². The summed E-state index contributed by atoms with van der Waals surface area (Å²) in [4.78, 5) is 14.2. The van der Waals surface area contributed by atoms with Crippen molar-refractivity contribution in [2.24, 2.45) is 0 Å². The molecule has 7 heteroatoms. The molecule has 6 nitrogen and oxygen atoms in total. The number of hydrogen-bond donors (Lipinski definition) is 2. The smallest absolute Gasteiger partial charge is 0.325 e. The van der Waals surface area contributed by atoms with Crippen LogP contribution in [0.3, 0.4) is 0 Å². The fourth-order valence-corrected chi connectivity index (χ4v) is 3.17. The Morgan fingerprint density at radius 3 is 2.62 bits per heavy atom. The van der Waals surface area contributed by atoms with Gasteiger partial charge in [-0.2, -0.15) is 0 Å². The van der Waals surface area contributed by atoms with E-state index in [0.717, 1.165) is 28.5 Å². The minimum absolute atomic E-state index is 0.327. The SMILES string of the molecule is Cc1ccc(C)c(NC(=O)Nc2nnc(N(C)Cc3ccccc3)s2)c1. The van der Waals surface area contributed by atoms with E-state index in [1.165, 1.54) is 16.9 Å². The van der Waals surface area contributed by atoms with Gasteiger partial charge < -0.3 is 10.2 Å². The monoisotopic (exact) mass is 367 g/mol. The van der Waals surface area contributed by atoms with Crippen molar-refractivity contribution in [2.75, 3.05) is 22.6 Å². The van der Waals surface area contributed by atoms with Gasteiger partial charge in [0.2, 0.25) is 10.3 Å². The Labute approximate surface area is 156 Å². The number of nitrogens with one attached hydrogen (secondary N) is 2. The van der Waals surface area contributed by atoms with Crippen LogP contribution in [0.15, 0.2) is 48.5 Å². The molecule has 0 spiro atoms. The van der Waals surface area contributed by atoms with Gasteiger partial charge in [-0.1, -0.05) is 53.8 Å². The molecule has 26 heavy (non-hydrogen) atoms. The van der Waals surface area contributed by atoms with Crippen molar-refractivity contribution < 1.29 is 4.79 Å². The van der Waals surface area contributed by atoms with Gasteiger partial charge in [0.15, 0.2) is 0 Å². The fourth-order valence-electron chi connectivity index (χ4n) is 2.47. The molecule has 2 N–H and O–H groups in total. The number of urea groups is 1. The number of anilines is 3. The maximum atomic E-state index is 12.2. The lowest BCUT2D eigenvalue weighted by molar-refractivity contribution is 0.262. The van der Waals surface area contributed by atoms with E-state index in [-0.39, 0.29) is 6.03 Å². The minimum atomic E-state index is -0.327. The van der Waals surface area contributed by atoms with Gasteiger partial charge in [0.05, 0.1) is 0 Å². The van der Waals surface area contributed by atoms with Crippen LogP contribution in [0.2, 0.25) is 0 Å². The van der Waals surface area contributed by atoms with Crippen LogP contribution in [0.25, 0.3) is 0 Å². The number of nitrogens with zero attached hydrogens (tertiary/aromatic N) is 3. The normalized spacial score (nSPS) is 10.4. The highest BCUT2D eigenvalue weighted by molar-refractivity contribution is 7.19. The summed E-state index contributed by atoms with van der Waals surface area (Å²) >= 11 is 1.34. The second-order valence-electron chi connectivity index (χ2n) is 6.13. The number of amides is 2. The van der Waals surface area contributed by atoms with Gasteiger partial charge in [-0.05, 0) is 36.6 Å². The zero-order chi connectivity index (χ0) is 18.5. The molecule has 0 saturated heterocycles. The standard InChI is InChI=1S/C19H21N5OS/c1-13-9-10-14(2)16(11-13)20-17(25)21-18-22-23-19(26-18)24(3)12-15-7-5-4-6-8-15/h4-11H,12H2,1-3H3,(H2,20,21,22,25). The first kappa shape index (κ1) is 17.9. The van der Waals surface area contributed by atoms with Crippen LogP contribution in [0.4, 0.5) is 20.7 Å². The predicted molar refractivity (Wildman–Crippen MR) is 107 cm³/mol. The van der Waals surface area contributed by atoms with Gasteiger partial charge in [0, 0.05) is 19.3 Å². The number of carbonyl (C=O) groups excluding carboxylic acids is 1. The summed E-state index contributed by atoms with van der Waals surface area (Å²) in [7, 11) is 1.95. The maximum absolute atomic E-state index is 12.2. The molecule has 0 saturated carbocycles. The Morgan fingerprint density at radius 2 is 1.85 bits per heavy atom. The molecule has 0 aliphatic heterocycles. The van der Waals surface area contributed by atoms with E-state index >= 15 is 0 Å². The highest BCUT2D eigenvalue weighted by Crippen LogP contribution is 2.24. The third kappa shape index (κ3) is 4.58. The van der Waals surface area contributed by atoms with E-state index in [0.29, 0.717) is 5.13 Å². The van der Waals surface area contributed by atoms with Crippen LogP contribution in [-0.2, 0) is 6.54 Å². The quantitative estimate of drug-likeness (QED) is 0.700. The van der Waals surface area contributed by atoms with Crippen LogP contribution in [0.5, 0.6) is 0 Å². The largest absolute Gasteiger partial charge is 0.345 e. The van der Waals surface area contributed by atoms with Gasteiger partial charge in [-0.3, -0.25) is 5.32 Å². The third-order valence-corrected chi connectivity index (χ3v) is 4.82. The Kier molecular flexibility index (Phi) is 5.48. The van der Waals surface area contributed by atoms with Crippen molar-refractivity contribution in [2.45, 2.75) is 20.4 Å². The first-order chi connectivity index (χ1) is 12.5. The van der Waals surface area contributed by atoms with Crippen LogP contribution in [-0.4, -0.2) is 23.3 Å². The maximum Gasteiger partial charge on any atom is 0.325 e. The summed E-state index contributed by atoms with van der Waals surface area (Å²) in [6.07, 6.45) is 0. The van der Waals surface area contributed by atoms with Crippen molar-refractivity contribution in [3.05, 3.63) is 65.2 Å². The summed E-state index contributed by atoms with van der Waals surface area (Å²) in [5, 5.41) is 15.0. The zero-order valence-corrected chi connectivity index (χ0v) is 15.8. The first-order valence-electron chi connectivity index (χ1n) is 8.25. The Bertz CT molecular complexity index is 894. The molecule has 2 amide bonds. The molecular formula is C19H21N5OS. The van der Waals surface area contributed by atoms with E-state index < -0.39 is 0 Å². The van der Waals surface area contributed by atoms with E-state index in [1.807, 2.05) is 62.2 Å². The molecule has 0 aliphatic carbocycles.